The lowest BCUT2D eigenvalue weighted by molar-refractivity contribution is 0.146. The lowest BCUT2D eigenvalue weighted by Gasteiger charge is -2.28. The molecule has 8 rings (SSSR count). The SMILES string of the molecule is COc1nc(-c2cccc(-c3cccc(Nc4nc(C(F)F)cc5c4c(=O)n(C)c(=O)n5C)c3C)c2Cl)cc2c1C(N1CCC3(CN(CCO)C(=O)N3)C1)CC2. The van der Waals surface area contributed by atoms with E-state index in [-0.39, 0.29) is 40.9 Å². The minimum Gasteiger partial charge on any atom is -0.481 e. The van der Waals surface area contributed by atoms with Crippen LogP contribution in [0.1, 0.15) is 47.7 Å². The molecule has 3 N–H and O–H groups in total. The van der Waals surface area contributed by atoms with Crippen LogP contribution in [0.25, 0.3) is 33.3 Å². The number of likely N-dealkylation sites (tertiary alicyclic amines) is 1. The van der Waals surface area contributed by atoms with Crippen LogP contribution in [-0.2, 0) is 20.5 Å². The summed E-state index contributed by atoms with van der Waals surface area (Å²) in [5.74, 6) is 0.430. The number of anilines is 2. The average Bonchev–Trinajstić information content (AvgIpc) is 3.89. The number of pyridine rings is 2. The molecule has 2 saturated heterocycles. The van der Waals surface area contributed by atoms with Gasteiger partial charge in [0.1, 0.15) is 16.9 Å². The van der Waals surface area contributed by atoms with Gasteiger partial charge in [-0.25, -0.2) is 28.3 Å². The molecule has 2 atom stereocenters. The van der Waals surface area contributed by atoms with Gasteiger partial charge < -0.3 is 25.4 Å². The largest absolute Gasteiger partial charge is 0.481 e. The van der Waals surface area contributed by atoms with Crippen molar-refractivity contribution in [1.82, 2.24) is 34.2 Å². The number of β-amino-alcohol motifs (C(OH)–C–C–N with tert-alkyl or cyclic N) is 1. The zero-order valence-electron chi connectivity index (χ0n) is 31.3. The third-order valence-corrected chi connectivity index (χ3v) is 11.9. The molecule has 3 aromatic heterocycles. The quantitative estimate of drug-likeness (QED) is 0.177. The fraction of sp³-hybridized carbons (Fsp3) is 0.375. The van der Waals surface area contributed by atoms with Gasteiger partial charge in [0, 0.05) is 68.7 Å². The molecule has 2 aliphatic heterocycles. The number of aryl methyl sites for hydroxylation is 2. The van der Waals surface area contributed by atoms with Crippen molar-refractivity contribution in [2.45, 2.75) is 44.2 Å². The van der Waals surface area contributed by atoms with E-state index in [1.54, 1.807) is 24.1 Å². The van der Waals surface area contributed by atoms with Crippen LogP contribution in [0.3, 0.4) is 0 Å². The molecule has 56 heavy (non-hydrogen) atoms. The van der Waals surface area contributed by atoms with Crippen molar-refractivity contribution in [2.24, 2.45) is 14.1 Å². The molecule has 1 aliphatic carbocycles. The van der Waals surface area contributed by atoms with Gasteiger partial charge in [-0.15, -0.1) is 0 Å². The van der Waals surface area contributed by atoms with Gasteiger partial charge >= 0.3 is 11.7 Å². The first-order valence-electron chi connectivity index (χ1n) is 18.4. The fourth-order valence-electron chi connectivity index (χ4n) is 8.67. The van der Waals surface area contributed by atoms with Gasteiger partial charge in [-0.05, 0) is 61.1 Å². The highest BCUT2D eigenvalue weighted by molar-refractivity contribution is 6.36. The van der Waals surface area contributed by atoms with Crippen molar-refractivity contribution in [3.05, 3.63) is 96.8 Å². The second-order valence-corrected chi connectivity index (χ2v) is 15.2. The molecule has 0 bridgehead atoms. The summed E-state index contributed by atoms with van der Waals surface area (Å²) in [5, 5.41) is 16.2. The number of rotatable bonds is 9. The fourth-order valence-corrected chi connectivity index (χ4v) is 8.99. The number of urea groups is 1. The Balaban J connectivity index is 1.12. The Hall–Kier alpha value is -5.38. The summed E-state index contributed by atoms with van der Waals surface area (Å²) in [5.41, 5.74) is 4.00. The van der Waals surface area contributed by atoms with Crippen LogP contribution >= 0.6 is 11.6 Å². The van der Waals surface area contributed by atoms with Gasteiger partial charge in [0.05, 0.1) is 35.5 Å². The van der Waals surface area contributed by atoms with Gasteiger partial charge in [-0.3, -0.25) is 18.8 Å². The number of methoxy groups -OCH3 is 1. The standard InChI is InChI=1S/C40H41ClF2N8O5/c1-21-23(7-6-10-26(21)44-35-32-30(18-28(45-35)34(42)43)48(2)39(55)49(3)37(32)53)24-8-5-9-25(33(24)41)27-17-22-11-12-29(31(22)36(46-27)56-4)50-14-13-40(19-50)20-51(15-16-52)38(54)47-40/h5-10,17-18,29,34,52H,11-16,19-20H2,1-4H3,(H,44,45)(H,47,54). The number of hydrogen-bond donors (Lipinski definition) is 3. The highest BCUT2D eigenvalue weighted by Gasteiger charge is 2.49. The number of alkyl halides is 2. The van der Waals surface area contributed by atoms with E-state index in [4.69, 9.17) is 21.3 Å². The first-order valence-corrected chi connectivity index (χ1v) is 18.8. The summed E-state index contributed by atoms with van der Waals surface area (Å²) in [4.78, 5) is 51.7. The molecule has 13 nitrogen and oxygen atoms in total. The highest BCUT2D eigenvalue weighted by atomic mass is 35.5. The van der Waals surface area contributed by atoms with Crippen LogP contribution in [0.5, 0.6) is 5.88 Å². The third-order valence-electron chi connectivity index (χ3n) is 11.5. The van der Waals surface area contributed by atoms with Crippen molar-refractivity contribution >= 4 is 40.0 Å². The minimum absolute atomic E-state index is 0.00179. The molecule has 1 spiro atoms. The zero-order chi connectivity index (χ0) is 39.6. The maximum atomic E-state index is 14.0. The number of fused-ring (bicyclic) bond motifs is 2. The predicted octanol–water partition coefficient (Wildman–Crippen LogP) is 5.46. The number of aromatic nitrogens is 4. The third kappa shape index (κ3) is 6.18. The topological polar surface area (TPSA) is 147 Å². The average molecular weight is 787 g/mol. The molecular weight excluding hydrogens is 746 g/mol. The first-order chi connectivity index (χ1) is 26.8. The van der Waals surface area contributed by atoms with E-state index in [0.29, 0.717) is 58.6 Å². The van der Waals surface area contributed by atoms with E-state index in [0.717, 1.165) is 57.7 Å². The molecule has 2 aromatic carbocycles. The summed E-state index contributed by atoms with van der Waals surface area (Å²) in [6.07, 6.45) is -0.438. The Kier molecular flexibility index (Phi) is 9.58. The molecule has 0 radical (unpaired) electrons. The second-order valence-electron chi connectivity index (χ2n) is 14.8. The Labute approximate surface area is 325 Å². The number of aliphatic hydroxyl groups is 1. The van der Waals surface area contributed by atoms with Gasteiger partial charge in [-0.1, -0.05) is 41.9 Å². The molecule has 2 unspecified atom stereocenters. The molecule has 16 heteroatoms. The van der Waals surface area contributed by atoms with Crippen molar-refractivity contribution in [2.75, 3.05) is 45.2 Å². The first kappa shape index (κ1) is 37.5. The molecule has 2 fully saturated rings. The van der Waals surface area contributed by atoms with Crippen molar-refractivity contribution in [3.63, 3.8) is 0 Å². The Bertz CT molecular complexity index is 2540. The number of carbonyl (C=O) groups excluding carboxylic acids is 1. The number of ether oxygens (including phenoxy) is 1. The molecule has 5 aromatic rings. The molecule has 2 amide bonds. The molecule has 3 aliphatic rings. The van der Waals surface area contributed by atoms with Crippen LogP contribution in [0.4, 0.5) is 25.1 Å². The molecular formula is C40H41ClF2N8O5. The van der Waals surface area contributed by atoms with Gasteiger partial charge in [0.25, 0.3) is 12.0 Å². The maximum absolute atomic E-state index is 14.0. The van der Waals surface area contributed by atoms with Gasteiger partial charge in [-0.2, -0.15) is 0 Å². The monoisotopic (exact) mass is 786 g/mol. The molecule has 0 saturated carbocycles. The van der Waals surface area contributed by atoms with Crippen molar-refractivity contribution in [3.8, 4) is 28.3 Å². The zero-order valence-corrected chi connectivity index (χ0v) is 32.1. The number of benzene rings is 2. The molecule has 5 heterocycles. The van der Waals surface area contributed by atoms with E-state index in [2.05, 4.69) is 26.6 Å². The van der Waals surface area contributed by atoms with Crippen LogP contribution in [0.2, 0.25) is 5.02 Å². The summed E-state index contributed by atoms with van der Waals surface area (Å²) in [6, 6.07) is 14.2. The van der Waals surface area contributed by atoms with Crippen LogP contribution < -0.4 is 26.6 Å². The van der Waals surface area contributed by atoms with Crippen LogP contribution in [0.15, 0.2) is 58.1 Å². The van der Waals surface area contributed by atoms with E-state index >= 15 is 0 Å². The Morgan fingerprint density at radius 2 is 1.80 bits per heavy atom. The van der Waals surface area contributed by atoms with Crippen molar-refractivity contribution < 1.29 is 23.4 Å². The maximum Gasteiger partial charge on any atom is 0.330 e. The summed E-state index contributed by atoms with van der Waals surface area (Å²) < 4.78 is 36.0. The van der Waals surface area contributed by atoms with Gasteiger partial charge in [0.15, 0.2) is 0 Å². The minimum atomic E-state index is -2.94. The van der Waals surface area contributed by atoms with E-state index in [9.17, 15) is 28.3 Å². The number of nitrogens with zero attached hydrogens (tertiary/aromatic N) is 6. The van der Waals surface area contributed by atoms with Crippen LogP contribution in [0, 0.1) is 6.92 Å². The Morgan fingerprint density at radius 1 is 1.05 bits per heavy atom. The smallest absolute Gasteiger partial charge is 0.330 e. The van der Waals surface area contributed by atoms with Crippen molar-refractivity contribution in [1.29, 1.82) is 0 Å². The van der Waals surface area contributed by atoms with Crippen LogP contribution in [-0.4, -0.2) is 85.5 Å². The highest BCUT2D eigenvalue weighted by Crippen LogP contribution is 2.46. The number of nitrogens with one attached hydrogen (secondary N) is 2. The number of hydrogen-bond acceptors (Lipinski definition) is 9. The van der Waals surface area contributed by atoms with E-state index in [1.807, 2.05) is 31.2 Å². The van der Waals surface area contributed by atoms with Gasteiger partial charge in [0.2, 0.25) is 5.88 Å². The number of halogens is 3. The van der Waals surface area contributed by atoms with E-state index < -0.39 is 23.4 Å². The molecule has 292 valence electrons. The number of aliphatic hydroxyl groups excluding tert-OH is 1. The predicted molar refractivity (Wildman–Crippen MR) is 209 cm³/mol. The number of carbonyl (C=O) groups is 1. The summed E-state index contributed by atoms with van der Waals surface area (Å²) >= 11 is 7.22. The second kappa shape index (κ2) is 14.3. The lowest BCUT2D eigenvalue weighted by Crippen LogP contribution is -2.46. The van der Waals surface area contributed by atoms with E-state index in [1.165, 1.54) is 14.1 Å². The number of amides is 2. The summed E-state index contributed by atoms with van der Waals surface area (Å²) in [6.45, 7) is 4.15. The Morgan fingerprint density at radius 3 is 2.55 bits per heavy atom. The lowest BCUT2D eigenvalue weighted by atomic mass is 9.96. The summed E-state index contributed by atoms with van der Waals surface area (Å²) in [7, 11) is 4.36. The normalized spacial score (nSPS) is 19.4.